The summed E-state index contributed by atoms with van der Waals surface area (Å²) in [6, 6.07) is 3.26. The number of aromatic carboxylic acids is 1. The van der Waals surface area contributed by atoms with Crippen molar-refractivity contribution in [2.75, 3.05) is 24.5 Å². The van der Waals surface area contributed by atoms with E-state index in [-0.39, 0.29) is 16.9 Å². The number of carboxylic acid groups (broad SMARTS) is 1. The van der Waals surface area contributed by atoms with Gasteiger partial charge >= 0.3 is 5.97 Å². The molecule has 0 aliphatic carbocycles. The maximum atomic E-state index is 14.7. The molecule has 0 radical (unpaired) electrons. The lowest BCUT2D eigenvalue weighted by molar-refractivity contribution is 0.0695. The van der Waals surface area contributed by atoms with Crippen molar-refractivity contribution in [2.24, 2.45) is 0 Å². The van der Waals surface area contributed by atoms with Gasteiger partial charge in [-0.3, -0.25) is 4.79 Å². The minimum atomic E-state index is -1.33. The molecule has 116 valence electrons. The van der Waals surface area contributed by atoms with Crippen LogP contribution < -0.4 is 15.6 Å². The Labute approximate surface area is 125 Å². The fourth-order valence-corrected chi connectivity index (χ4v) is 2.80. The summed E-state index contributed by atoms with van der Waals surface area (Å²) < 4.78 is 14.7. The average molecular weight is 305 g/mol. The Hall–Kier alpha value is -2.41. The Morgan fingerprint density at radius 1 is 1.45 bits per heavy atom. The van der Waals surface area contributed by atoms with Crippen LogP contribution in [-0.2, 0) is 0 Å². The summed E-state index contributed by atoms with van der Waals surface area (Å²) in [5.74, 6) is -1.86. The number of piperazine rings is 1. The van der Waals surface area contributed by atoms with E-state index in [1.165, 1.54) is 12.1 Å². The van der Waals surface area contributed by atoms with E-state index in [4.69, 9.17) is 5.11 Å². The summed E-state index contributed by atoms with van der Waals surface area (Å²) in [7, 11) is 0. The zero-order chi connectivity index (χ0) is 15.9. The molecule has 0 amide bonds. The van der Waals surface area contributed by atoms with Gasteiger partial charge in [0.15, 0.2) is 5.82 Å². The second-order valence-corrected chi connectivity index (χ2v) is 5.46. The highest BCUT2D eigenvalue weighted by Crippen LogP contribution is 2.25. The van der Waals surface area contributed by atoms with Crippen molar-refractivity contribution in [3.05, 3.63) is 39.9 Å². The number of nitrogens with one attached hydrogen (secondary N) is 2. The number of aromatic nitrogens is 1. The normalized spacial score (nSPS) is 18.6. The molecule has 1 aromatic heterocycles. The van der Waals surface area contributed by atoms with Gasteiger partial charge in [0.1, 0.15) is 5.56 Å². The van der Waals surface area contributed by atoms with Crippen LogP contribution in [0.3, 0.4) is 0 Å². The number of carbonyl (C=O) groups is 1. The molecular formula is C15H16FN3O3. The molecule has 7 heteroatoms. The van der Waals surface area contributed by atoms with Crippen molar-refractivity contribution in [1.82, 2.24) is 10.3 Å². The first kappa shape index (κ1) is 14.5. The standard InChI is InChI=1S/C15H16FN3O3/c1-8-7-19(5-4-17-8)11-3-2-9-13(12(11)16)18-6-10(14(9)20)15(21)22/h2-3,6,8,17H,4-5,7H2,1H3,(H,18,20)(H,21,22). The summed E-state index contributed by atoms with van der Waals surface area (Å²) >= 11 is 0. The predicted octanol–water partition coefficient (Wildman–Crippen LogP) is 1.16. The Balaban J connectivity index is 2.12. The molecule has 3 N–H and O–H groups in total. The monoisotopic (exact) mass is 305 g/mol. The predicted molar refractivity (Wildman–Crippen MR) is 81.2 cm³/mol. The molecule has 3 rings (SSSR count). The molecule has 6 nitrogen and oxygen atoms in total. The molecule has 0 spiro atoms. The van der Waals surface area contributed by atoms with Crippen LogP contribution in [0.2, 0.25) is 0 Å². The summed E-state index contributed by atoms with van der Waals surface area (Å²) in [6.07, 6.45) is 1.04. The summed E-state index contributed by atoms with van der Waals surface area (Å²) in [5, 5.41) is 12.3. The Bertz CT molecular complexity index is 802. The summed E-state index contributed by atoms with van der Waals surface area (Å²) in [6.45, 7) is 4.11. The SMILES string of the molecule is CC1CN(c2ccc3c(=O)c(C(=O)O)c[nH]c3c2F)CCN1. The Morgan fingerprint density at radius 3 is 2.91 bits per heavy atom. The molecule has 0 saturated carbocycles. The Morgan fingerprint density at radius 2 is 2.23 bits per heavy atom. The minimum absolute atomic E-state index is 0.0404. The number of carboxylic acids is 1. The zero-order valence-corrected chi connectivity index (χ0v) is 12.0. The van der Waals surface area contributed by atoms with E-state index in [0.717, 1.165) is 12.7 Å². The first-order chi connectivity index (χ1) is 10.5. The smallest absolute Gasteiger partial charge is 0.341 e. The number of aromatic amines is 1. The molecule has 1 saturated heterocycles. The van der Waals surface area contributed by atoms with Gasteiger partial charge in [0.2, 0.25) is 5.43 Å². The lowest BCUT2D eigenvalue weighted by Crippen LogP contribution is -2.49. The lowest BCUT2D eigenvalue weighted by Gasteiger charge is -2.33. The van der Waals surface area contributed by atoms with Crippen LogP contribution in [-0.4, -0.2) is 41.7 Å². The Kier molecular flexibility index (Phi) is 3.58. The fourth-order valence-electron chi connectivity index (χ4n) is 2.80. The average Bonchev–Trinajstić information content (AvgIpc) is 2.48. The number of halogens is 1. The number of H-pyrrole nitrogens is 1. The fraction of sp³-hybridized carbons (Fsp3) is 0.333. The van der Waals surface area contributed by atoms with E-state index in [2.05, 4.69) is 10.3 Å². The molecule has 1 atom stereocenters. The number of benzene rings is 1. The second-order valence-electron chi connectivity index (χ2n) is 5.46. The molecular weight excluding hydrogens is 289 g/mol. The van der Waals surface area contributed by atoms with Gasteiger partial charge in [0.25, 0.3) is 0 Å². The van der Waals surface area contributed by atoms with E-state index in [9.17, 15) is 14.0 Å². The summed E-state index contributed by atoms with van der Waals surface area (Å²) in [4.78, 5) is 27.6. The molecule has 2 aromatic rings. The second kappa shape index (κ2) is 5.42. The molecule has 22 heavy (non-hydrogen) atoms. The maximum Gasteiger partial charge on any atom is 0.341 e. The molecule has 2 heterocycles. The number of pyridine rings is 1. The number of hydrogen-bond donors (Lipinski definition) is 3. The van der Waals surface area contributed by atoms with Crippen LogP contribution in [0.1, 0.15) is 17.3 Å². The highest BCUT2D eigenvalue weighted by molar-refractivity contribution is 5.93. The minimum Gasteiger partial charge on any atom is -0.477 e. The number of rotatable bonds is 2. The third-order valence-electron chi connectivity index (χ3n) is 3.91. The van der Waals surface area contributed by atoms with Gasteiger partial charge in [0.05, 0.1) is 11.2 Å². The van der Waals surface area contributed by atoms with Crippen molar-refractivity contribution >= 4 is 22.6 Å². The molecule has 0 bridgehead atoms. The molecule has 1 aromatic carbocycles. The van der Waals surface area contributed by atoms with Crippen molar-refractivity contribution in [3.63, 3.8) is 0 Å². The van der Waals surface area contributed by atoms with E-state index < -0.39 is 22.8 Å². The third-order valence-corrected chi connectivity index (χ3v) is 3.91. The van der Waals surface area contributed by atoms with Crippen LogP contribution >= 0.6 is 0 Å². The number of nitrogens with zero attached hydrogens (tertiary/aromatic N) is 1. The topological polar surface area (TPSA) is 85.4 Å². The van der Waals surface area contributed by atoms with Gasteiger partial charge in [-0.05, 0) is 19.1 Å². The number of anilines is 1. The zero-order valence-electron chi connectivity index (χ0n) is 12.0. The third kappa shape index (κ3) is 2.33. The van der Waals surface area contributed by atoms with Crippen molar-refractivity contribution in [3.8, 4) is 0 Å². The van der Waals surface area contributed by atoms with Gasteiger partial charge in [0, 0.05) is 37.3 Å². The first-order valence-corrected chi connectivity index (χ1v) is 7.04. The number of fused-ring (bicyclic) bond motifs is 1. The van der Waals surface area contributed by atoms with Crippen molar-refractivity contribution < 1.29 is 14.3 Å². The van der Waals surface area contributed by atoms with Gasteiger partial charge in [-0.1, -0.05) is 0 Å². The van der Waals surface area contributed by atoms with Crippen molar-refractivity contribution in [1.29, 1.82) is 0 Å². The van der Waals surface area contributed by atoms with Crippen molar-refractivity contribution in [2.45, 2.75) is 13.0 Å². The maximum absolute atomic E-state index is 14.7. The lowest BCUT2D eigenvalue weighted by atomic mass is 10.1. The number of hydrogen-bond acceptors (Lipinski definition) is 4. The van der Waals surface area contributed by atoms with Gasteiger partial charge in [-0.25, -0.2) is 9.18 Å². The van der Waals surface area contributed by atoms with E-state index >= 15 is 0 Å². The van der Waals surface area contributed by atoms with Gasteiger partial charge in [-0.2, -0.15) is 0 Å². The van der Waals surface area contributed by atoms with Crippen LogP contribution in [0.4, 0.5) is 10.1 Å². The van der Waals surface area contributed by atoms with Crippen LogP contribution in [0.15, 0.2) is 23.1 Å². The highest BCUT2D eigenvalue weighted by atomic mass is 19.1. The molecule has 1 fully saturated rings. The van der Waals surface area contributed by atoms with E-state index in [1.807, 2.05) is 11.8 Å². The quantitative estimate of drug-likeness (QED) is 0.775. The van der Waals surface area contributed by atoms with E-state index in [1.54, 1.807) is 0 Å². The van der Waals surface area contributed by atoms with E-state index in [0.29, 0.717) is 18.8 Å². The summed E-state index contributed by atoms with van der Waals surface area (Å²) in [5.41, 5.74) is -0.617. The highest BCUT2D eigenvalue weighted by Gasteiger charge is 2.21. The largest absolute Gasteiger partial charge is 0.477 e. The molecule has 1 aliphatic rings. The molecule has 1 aliphatic heterocycles. The first-order valence-electron chi connectivity index (χ1n) is 7.04. The molecule has 1 unspecified atom stereocenters. The van der Waals surface area contributed by atoms with Gasteiger partial charge < -0.3 is 20.3 Å². The van der Waals surface area contributed by atoms with Crippen LogP contribution in [0.25, 0.3) is 10.9 Å². The van der Waals surface area contributed by atoms with Crippen LogP contribution in [0, 0.1) is 5.82 Å². The van der Waals surface area contributed by atoms with Crippen LogP contribution in [0.5, 0.6) is 0 Å². The van der Waals surface area contributed by atoms with Gasteiger partial charge in [-0.15, -0.1) is 0 Å².